The zero-order chi connectivity index (χ0) is 16.8. The number of amides is 2. The topological polar surface area (TPSA) is 58.6 Å². The third-order valence-electron chi connectivity index (χ3n) is 3.36. The van der Waals surface area contributed by atoms with Gasteiger partial charge in [0.25, 0.3) is 5.91 Å². The van der Waals surface area contributed by atoms with Crippen LogP contribution in [0.2, 0.25) is 0 Å². The number of benzene rings is 2. The van der Waals surface area contributed by atoms with Gasteiger partial charge in [-0.2, -0.15) is 0 Å². The molecule has 0 saturated heterocycles. The van der Waals surface area contributed by atoms with E-state index in [1.54, 1.807) is 30.1 Å². The molecule has 0 radical (unpaired) electrons. The largest absolute Gasteiger partial charge is 0.496 e. The maximum absolute atomic E-state index is 12.7. The summed E-state index contributed by atoms with van der Waals surface area (Å²) in [6, 6.07) is 14.7. The maximum Gasteiger partial charge on any atom is 0.257 e. The van der Waals surface area contributed by atoms with Gasteiger partial charge in [0.1, 0.15) is 5.75 Å². The summed E-state index contributed by atoms with van der Waals surface area (Å²) in [6.45, 7) is 1.92. The number of nitrogens with one attached hydrogen (secondary N) is 1. The van der Waals surface area contributed by atoms with Crippen molar-refractivity contribution in [2.45, 2.75) is 13.5 Å². The Hall–Kier alpha value is -2.82. The van der Waals surface area contributed by atoms with Gasteiger partial charge in [-0.15, -0.1) is 0 Å². The highest BCUT2D eigenvalue weighted by molar-refractivity contribution is 5.99. The van der Waals surface area contributed by atoms with Gasteiger partial charge in [0.15, 0.2) is 0 Å². The Labute approximate surface area is 135 Å². The maximum atomic E-state index is 12.7. The summed E-state index contributed by atoms with van der Waals surface area (Å²) >= 11 is 0. The Morgan fingerprint density at radius 1 is 1.13 bits per heavy atom. The summed E-state index contributed by atoms with van der Waals surface area (Å²) in [5, 5.41) is 2.67. The molecule has 0 heterocycles. The Morgan fingerprint density at radius 2 is 1.83 bits per heavy atom. The van der Waals surface area contributed by atoms with Gasteiger partial charge in [-0.3, -0.25) is 9.59 Å². The highest BCUT2D eigenvalue weighted by atomic mass is 16.5. The smallest absolute Gasteiger partial charge is 0.257 e. The average Bonchev–Trinajstić information content (AvgIpc) is 2.54. The number of anilines is 1. The molecule has 0 aliphatic heterocycles. The van der Waals surface area contributed by atoms with Crippen molar-refractivity contribution in [1.29, 1.82) is 0 Å². The standard InChI is InChI=1S/C18H20N2O3/c1-13(21)19-15-9-10-17(23-3)16(11-15)18(22)20(2)12-14-7-5-4-6-8-14/h4-11H,12H2,1-3H3,(H,19,21). The van der Waals surface area contributed by atoms with Crippen molar-refractivity contribution in [3.05, 3.63) is 59.7 Å². The fraction of sp³-hybridized carbons (Fsp3) is 0.222. The molecule has 2 amide bonds. The Bertz CT molecular complexity index is 699. The van der Waals surface area contributed by atoms with E-state index in [0.717, 1.165) is 5.56 Å². The van der Waals surface area contributed by atoms with Crippen LogP contribution in [0.1, 0.15) is 22.8 Å². The molecule has 1 N–H and O–H groups in total. The van der Waals surface area contributed by atoms with Crippen LogP contribution in [-0.2, 0) is 11.3 Å². The third kappa shape index (κ3) is 4.32. The quantitative estimate of drug-likeness (QED) is 0.923. The molecule has 0 aliphatic rings. The van der Waals surface area contributed by atoms with Crippen LogP contribution in [-0.4, -0.2) is 30.9 Å². The second kappa shape index (κ2) is 7.45. The van der Waals surface area contributed by atoms with Crippen LogP contribution < -0.4 is 10.1 Å². The SMILES string of the molecule is COc1ccc(NC(C)=O)cc1C(=O)N(C)Cc1ccccc1. The van der Waals surface area contributed by atoms with Gasteiger partial charge in [0, 0.05) is 26.2 Å². The molecule has 0 spiro atoms. The van der Waals surface area contributed by atoms with Crippen molar-refractivity contribution in [3.8, 4) is 5.75 Å². The van der Waals surface area contributed by atoms with Crippen LogP contribution >= 0.6 is 0 Å². The first-order valence-corrected chi connectivity index (χ1v) is 7.26. The summed E-state index contributed by atoms with van der Waals surface area (Å²) < 4.78 is 5.27. The highest BCUT2D eigenvalue weighted by Crippen LogP contribution is 2.24. The molecule has 0 aromatic heterocycles. The summed E-state index contributed by atoms with van der Waals surface area (Å²) in [4.78, 5) is 25.5. The second-order valence-corrected chi connectivity index (χ2v) is 5.24. The molecule has 0 bridgehead atoms. The Kier molecular flexibility index (Phi) is 5.36. The van der Waals surface area contributed by atoms with Gasteiger partial charge in [0.05, 0.1) is 12.7 Å². The molecule has 5 heteroatoms. The van der Waals surface area contributed by atoms with E-state index in [9.17, 15) is 9.59 Å². The molecular formula is C18H20N2O3. The predicted molar refractivity (Wildman–Crippen MR) is 89.5 cm³/mol. The fourth-order valence-corrected chi connectivity index (χ4v) is 2.29. The number of hydrogen-bond donors (Lipinski definition) is 1. The first-order chi connectivity index (χ1) is 11.0. The first kappa shape index (κ1) is 16.5. The molecule has 0 aliphatic carbocycles. The number of nitrogens with zero attached hydrogens (tertiary/aromatic N) is 1. The zero-order valence-electron chi connectivity index (χ0n) is 13.5. The van der Waals surface area contributed by atoms with Crippen LogP contribution in [0.15, 0.2) is 48.5 Å². The van der Waals surface area contributed by atoms with Crippen LogP contribution in [0.3, 0.4) is 0 Å². The molecular weight excluding hydrogens is 292 g/mol. The van der Waals surface area contributed by atoms with Crippen molar-refractivity contribution in [2.24, 2.45) is 0 Å². The van der Waals surface area contributed by atoms with Crippen LogP contribution in [0.4, 0.5) is 5.69 Å². The number of hydrogen-bond acceptors (Lipinski definition) is 3. The van der Waals surface area contributed by atoms with E-state index in [-0.39, 0.29) is 11.8 Å². The molecule has 2 aromatic rings. The lowest BCUT2D eigenvalue weighted by Crippen LogP contribution is -2.26. The summed E-state index contributed by atoms with van der Waals surface area (Å²) in [7, 11) is 3.25. The van der Waals surface area contributed by atoms with E-state index in [1.807, 2.05) is 30.3 Å². The molecule has 0 unspecified atom stereocenters. The van der Waals surface area contributed by atoms with Crippen molar-refractivity contribution in [3.63, 3.8) is 0 Å². The fourth-order valence-electron chi connectivity index (χ4n) is 2.29. The summed E-state index contributed by atoms with van der Waals surface area (Å²) in [5.74, 6) is 0.119. The van der Waals surface area contributed by atoms with Crippen molar-refractivity contribution >= 4 is 17.5 Å². The predicted octanol–water partition coefficient (Wildman–Crippen LogP) is 2.93. The lowest BCUT2D eigenvalue weighted by molar-refractivity contribution is -0.114. The van der Waals surface area contributed by atoms with E-state index in [4.69, 9.17) is 4.74 Å². The molecule has 0 atom stereocenters. The summed E-state index contributed by atoms with van der Waals surface area (Å²) in [6.07, 6.45) is 0. The molecule has 0 saturated carbocycles. The van der Waals surface area contributed by atoms with E-state index in [0.29, 0.717) is 23.5 Å². The number of carbonyl (C=O) groups excluding carboxylic acids is 2. The van der Waals surface area contributed by atoms with Gasteiger partial charge in [-0.05, 0) is 23.8 Å². The molecule has 2 rings (SSSR count). The van der Waals surface area contributed by atoms with Gasteiger partial charge in [-0.25, -0.2) is 0 Å². The number of methoxy groups -OCH3 is 1. The summed E-state index contributed by atoms with van der Waals surface area (Å²) in [5.41, 5.74) is 2.02. The lowest BCUT2D eigenvalue weighted by Gasteiger charge is -2.19. The molecule has 120 valence electrons. The molecule has 5 nitrogen and oxygen atoms in total. The number of carbonyl (C=O) groups is 2. The first-order valence-electron chi connectivity index (χ1n) is 7.26. The van der Waals surface area contributed by atoms with E-state index in [2.05, 4.69) is 5.32 Å². The van der Waals surface area contributed by atoms with Gasteiger partial charge < -0.3 is 15.0 Å². The number of rotatable bonds is 5. The van der Waals surface area contributed by atoms with E-state index < -0.39 is 0 Å². The van der Waals surface area contributed by atoms with Crippen molar-refractivity contribution in [2.75, 3.05) is 19.5 Å². The zero-order valence-corrected chi connectivity index (χ0v) is 13.5. The van der Waals surface area contributed by atoms with Crippen molar-refractivity contribution < 1.29 is 14.3 Å². The third-order valence-corrected chi connectivity index (χ3v) is 3.36. The average molecular weight is 312 g/mol. The Morgan fingerprint density at radius 3 is 2.43 bits per heavy atom. The normalized spacial score (nSPS) is 10.0. The minimum Gasteiger partial charge on any atom is -0.496 e. The van der Waals surface area contributed by atoms with E-state index >= 15 is 0 Å². The highest BCUT2D eigenvalue weighted by Gasteiger charge is 2.18. The minimum atomic E-state index is -0.189. The van der Waals surface area contributed by atoms with Gasteiger partial charge in [0.2, 0.25) is 5.91 Å². The molecule has 23 heavy (non-hydrogen) atoms. The second-order valence-electron chi connectivity index (χ2n) is 5.24. The number of ether oxygens (including phenoxy) is 1. The monoisotopic (exact) mass is 312 g/mol. The lowest BCUT2D eigenvalue weighted by atomic mass is 10.1. The van der Waals surface area contributed by atoms with Gasteiger partial charge >= 0.3 is 0 Å². The van der Waals surface area contributed by atoms with Crippen LogP contribution in [0.25, 0.3) is 0 Å². The molecule has 2 aromatic carbocycles. The van der Waals surface area contributed by atoms with Crippen LogP contribution in [0.5, 0.6) is 5.75 Å². The minimum absolute atomic E-state index is 0.169. The Balaban J connectivity index is 2.24. The molecule has 0 fully saturated rings. The van der Waals surface area contributed by atoms with Crippen LogP contribution in [0, 0.1) is 0 Å². The van der Waals surface area contributed by atoms with E-state index in [1.165, 1.54) is 14.0 Å². The van der Waals surface area contributed by atoms with Gasteiger partial charge in [-0.1, -0.05) is 30.3 Å². The van der Waals surface area contributed by atoms with Crippen molar-refractivity contribution in [1.82, 2.24) is 4.90 Å².